The molecule has 1 fully saturated rings. The van der Waals surface area contributed by atoms with Crippen LogP contribution in [0.25, 0.3) is 11.1 Å². The Morgan fingerprint density at radius 2 is 2.06 bits per heavy atom. The SMILES string of the molecule is CN1C(=O)Cc2cc(S(=O)(=O)N3CCC(c4[nH]ncc4-c4ccnc(N)c4)C3)ccc21. The van der Waals surface area contributed by atoms with Crippen LogP contribution in [0.3, 0.4) is 0 Å². The number of carbonyl (C=O) groups excluding carboxylic acids is 1. The number of nitrogens with two attached hydrogens (primary N) is 1. The minimum absolute atomic E-state index is 0.0104. The van der Waals surface area contributed by atoms with E-state index < -0.39 is 10.0 Å². The van der Waals surface area contributed by atoms with Gasteiger partial charge in [0.1, 0.15) is 5.82 Å². The molecule has 0 bridgehead atoms. The molecule has 2 aliphatic rings. The molecule has 2 aromatic heterocycles. The predicted octanol–water partition coefficient (Wildman–Crippen LogP) is 1.75. The number of amides is 1. The fraction of sp³-hybridized carbons (Fsp3) is 0.286. The van der Waals surface area contributed by atoms with E-state index in [2.05, 4.69) is 15.2 Å². The smallest absolute Gasteiger partial charge is 0.243 e. The summed E-state index contributed by atoms with van der Waals surface area (Å²) in [6, 6.07) is 8.55. The fourth-order valence-electron chi connectivity index (χ4n) is 4.39. The highest BCUT2D eigenvalue weighted by atomic mass is 32.2. The van der Waals surface area contributed by atoms with Crippen LogP contribution in [0.2, 0.25) is 0 Å². The molecular formula is C21H22N6O3S. The number of nitrogens with zero attached hydrogens (tertiary/aromatic N) is 4. The number of H-pyrrole nitrogens is 1. The number of hydrogen-bond donors (Lipinski definition) is 2. The van der Waals surface area contributed by atoms with Crippen molar-refractivity contribution in [3.05, 3.63) is 54.0 Å². The number of pyridine rings is 1. The third-order valence-electron chi connectivity index (χ3n) is 6.09. The fourth-order valence-corrected chi connectivity index (χ4v) is 5.94. The monoisotopic (exact) mass is 438 g/mol. The average Bonchev–Trinajstić information content (AvgIpc) is 3.47. The number of fused-ring (bicyclic) bond motifs is 1. The third-order valence-corrected chi connectivity index (χ3v) is 7.95. The number of nitrogen functional groups attached to an aromatic ring is 1. The normalized spacial score (nSPS) is 19.2. The van der Waals surface area contributed by atoms with Crippen LogP contribution < -0.4 is 10.6 Å². The second-order valence-electron chi connectivity index (χ2n) is 7.94. The Bertz CT molecular complexity index is 1290. The van der Waals surface area contributed by atoms with Crippen LogP contribution in [0.1, 0.15) is 23.6 Å². The number of likely N-dealkylation sites (N-methyl/N-ethyl adjacent to an activating group) is 1. The molecule has 31 heavy (non-hydrogen) atoms. The van der Waals surface area contributed by atoms with E-state index in [1.54, 1.807) is 48.6 Å². The Balaban J connectivity index is 1.40. The maximum atomic E-state index is 13.3. The maximum Gasteiger partial charge on any atom is 0.243 e. The van der Waals surface area contributed by atoms with E-state index in [0.717, 1.165) is 28.1 Å². The summed E-state index contributed by atoms with van der Waals surface area (Å²) in [6.45, 7) is 0.772. The number of anilines is 2. The first kappa shape index (κ1) is 19.7. The molecule has 1 saturated heterocycles. The van der Waals surface area contributed by atoms with Gasteiger partial charge in [-0.2, -0.15) is 9.40 Å². The van der Waals surface area contributed by atoms with E-state index in [1.165, 1.54) is 4.31 Å². The van der Waals surface area contributed by atoms with Gasteiger partial charge in [0.25, 0.3) is 0 Å². The minimum Gasteiger partial charge on any atom is -0.384 e. The quantitative estimate of drug-likeness (QED) is 0.639. The molecule has 0 saturated carbocycles. The van der Waals surface area contributed by atoms with Gasteiger partial charge in [0.2, 0.25) is 15.9 Å². The molecule has 3 N–H and O–H groups in total. The summed E-state index contributed by atoms with van der Waals surface area (Å²) in [4.78, 5) is 17.7. The van der Waals surface area contributed by atoms with Gasteiger partial charge in [-0.05, 0) is 47.9 Å². The van der Waals surface area contributed by atoms with E-state index >= 15 is 0 Å². The molecular weight excluding hydrogens is 416 g/mol. The number of rotatable bonds is 4. The number of hydrogen-bond acceptors (Lipinski definition) is 6. The first-order valence-corrected chi connectivity index (χ1v) is 11.4. The second-order valence-corrected chi connectivity index (χ2v) is 9.87. The predicted molar refractivity (Wildman–Crippen MR) is 116 cm³/mol. The Hall–Kier alpha value is -3.24. The molecule has 160 valence electrons. The van der Waals surface area contributed by atoms with Crippen LogP contribution >= 0.6 is 0 Å². The highest BCUT2D eigenvalue weighted by molar-refractivity contribution is 7.89. The van der Waals surface area contributed by atoms with E-state index in [-0.39, 0.29) is 23.1 Å². The lowest BCUT2D eigenvalue weighted by atomic mass is 9.97. The van der Waals surface area contributed by atoms with Crippen LogP contribution in [-0.4, -0.2) is 53.9 Å². The van der Waals surface area contributed by atoms with Crippen LogP contribution in [0.5, 0.6) is 0 Å². The molecule has 0 spiro atoms. The largest absolute Gasteiger partial charge is 0.384 e. The summed E-state index contributed by atoms with van der Waals surface area (Å²) in [5.41, 5.74) is 10.0. The molecule has 10 heteroatoms. The number of sulfonamides is 1. The number of aromatic nitrogens is 3. The van der Waals surface area contributed by atoms with E-state index in [1.807, 2.05) is 6.07 Å². The third kappa shape index (κ3) is 3.28. The van der Waals surface area contributed by atoms with Gasteiger partial charge < -0.3 is 10.6 Å². The first-order valence-electron chi connectivity index (χ1n) is 9.99. The topological polar surface area (TPSA) is 125 Å². The minimum atomic E-state index is -3.66. The lowest BCUT2D eigenvalue weighted by Gasteiger charge is -2.18. The van der Waals surface area contributed by atoms with Crippen LogP contribution in [-0.2, 0) is 21.2 Å². The van der Waals surface area contributed by atoms with Gasteiger partial charge in [0.15, 0.2) is 0 Å². The number of aromatic amines is 1. The average molecular weight is 439 g/mol. The van der Waals surface area contributed by atoms with Gasteiger partial charge in [0, 0.05) is 49.2 Å². The molecule has 1 atom stereocenters. The summed E-state index contributed by atoms with van der Waals surface area (Å²) in [6.07, 6.45) is 4.28. The summed E-state index contributed by atoms with van der Waals surface area (Å²) >= 11 is 0. The first-order chi connectivity index (χ1) is 14.8. The van der Waals surface area contributed by atoms with Crippen LogP contribution in [0.4, 0.5) is 11.5 Å². The van der Waals surface area contributed by atoms with Gasteiger partial charge in [-0.3, -0.25) is 9.89 Å². The van der Waals surface area contributed by atoms with Crippen molar-refractivity contribution in [1.29, 1.82) is 0 Å². The zero-order valence-corrected chi connectivity index (χ0v) is 17.8. The molecule has 1 unspecified atom stereocenters. The van der Waals surface area contributed by atoms with Gasteiger partial charge in [0.05, 0.1) is 17.5 Å². The summed E-state index contributed by atoms with van der Waals surface area (Å²) < 4.78 is 28.1. The highest BCUT2D eigenvalue weighted by Crippen LogP contribution is 2.37. The maximum absolute atomic E-state index is 13.3. The van der Waals surface area contributed by atoms with Crippen molar-refractivity contribution in [2.45, 2.75) is 23.7 Å². The molecule has 1 aromatic carbocycles. The number of nitrogens with one attached hydrogen (secondary N) is 1. The van der Waals surface area contributed by atoms with Crippen molar-refractivity contribution in [3.8, 4) is 11.1 Å². The standard InChI is InChI=1S/C21H22N6O3S/c1-26-18-3-2-16(8-15(18)10-20(26)28)31(29,30)27-7-5-14(12-27)21-17(11-24-25-21)13-4-6-23-19(22)9-13/h2-4,6,8-9,11,14H,5,7,10,12H2,1H3,(H2,22,23)(H,24,25). The van der Waals surface area contributed by atoms with E-state index in [4.69, 9.17) is 5.73 Å². The molecule has 5 rings (SSSR count). The second kappa shape index (κ2) is 7.17. The lowest BCUT2D eigenvalue weighted by Crippen LogP contribution is -2.28. The molecule has 2 aliphatic heterocycles. The summed E-state index contributed by atoms with van der Waals surface area (Å²) in [5.74, 6) is 0.374. The van der Waals surface area contributed by atoms with Crippen LogP contribution in [0.15, 0.2) is 47.6 Å². The molecule has 0 aliphatic carbocycles. The zero-order chi connectivity index (χ0) is 21.8. The van der Waals surface area contributed by atoms with Crippen molar-refractivity contribution in [1.82, 2.24) is 19.5 Å². The van der Waals surface area contributed by atoms with Crippen molar-refractivity contribution in [3.63, 3.8) is 0 Å². The molecule has 3 aromatic rings. The summed E-state index contributed by atoms with van der Waals surface area (Å²) in [5, 5.41) is 7.23. The number of carbonyl (C=O) groups is 1. The van der Waals surface area contributed by atoms with E-state index in [9.17, 15) is 13.2 Å². The summed E-state index contributed by atoms with van der Waals surface area (Å²) in [7, 11) is -1.96. The Morgan fingerprint density at radius 3 is 2.87 bits per heavy atom. The van der Waals surface area contributed by atoms with Gasteiger partial charge in [-0.25, -0.2) is 13.4 Å². The Labute approximate surface area is 179 Å². The van der Waals surface area contributed by atoms with Crippen LogP contribution in [0, 0.1) is 0 Å². The molecule has 1 amide bonds. The van der Waals surface area contributed by atoms with Gasteiger partial charge >= 0.3 is 0 Å². The molecule has 4 heterocycles. The van der Waals surface area contributed by atoms with Gasteiger partial charge in [-0.1, -0.05) is 0 Å². The van der Waals surface area contributed by atoms with Gasteiger partial charge in [-0.15, -0.1) is 0 Å². The van der Waals surface area contributed by atoms with Crippen molar-refractivity contribution >= 4 is 27.4 Å². The zero-order valence-electron chi connectivity index (χ0n) is 16.9. The molecule has 0 radical (unpaired) electrons. The Morgan fingerprint density at radius 1 is 1.23 bits per heavy atom. The van der Waals surface area contributed by atoms with Crippen molar-refractivity contribution in [2.75, 3.05) is 30.8 Å². The number of benzene rings is 1. The Kier molecular flexibility index (Phi) is 4.56. The molecule has 9 nitrogen and oxygen atoms in total. The van der Waals surface area contributed by atoms with Crippen molar-refractivity contribution < 1.29 is 13.2 Å². The highest BCUT2D eigenvalue weighted by Gasteiger charge is 2.36. The lowest BCUT2D eigenvalue weighted by molar-refractivity contribution is -0.117. The van der Waals surface area contributed by atoms with E-state index in [0.29, 0.717) is 25.3 Å². The van der Waals surface area contributed by atoms with Crippen molar-refractivity contribution in [2.24, 2.45) is 0 Å².